The van der Waals surface area contributed by atoms with Crippen LogP contribution >= 0.6 is 12.6 Å². The van der Waals surface area contributed by atoms with Crippen molar-refractivity contribution >= 4 is 12.6 Å². The Kier molecular flexibility index (Phi) is 2.40. The van der Waals surface area contributed by atoms with Crippen molar-refractivity contribution < 1.29 is 4.74 Å². The van der Waals surface area contributed by atoms with Gasteiger partial charge in [-0.2, -0.15) is 0 Å². The maximum atomic E-state index is 5.11. The number of thiol groups is 1. The van der Waals surface area contributed by atoms with E-state index in [1.165, 1.54) is 0 Å². The lowest BCUT2D eigenvalue weighted by molar-refractivity contribution is 0.117. The number of ether oxygens (including phenoxy) is 1. The zero-order valence-electron chi connectivity index (χ0n) is 5.08. The average Bonchev–Trinajstić information content (AvgIpc) is 2.18. The Morgan fingerprint density at radius 3 is 3.11 bits per heavy atom. The van der Waals surface area contributed by atoms with Gasteiger partial charge in [0.15, 0.2) is 5.56 Å². The van der Waals surface area contributed by atoms with Crippen LogP contribution in [-0.2, 0) is 4.74 Å². The van der Waals surface area contributed by atoms with E-state index in [-0.39, 0.29) is 5.56 Å². The van der Waals surface area contributed by atoms with Gasteiger partial charge >= 0.3 is 0 Å². The van der Waals surface area contributed by atoms with E-state index in [9.17, 15) is 0 Å². The molecule has 1 saturated heterocycles. The largest absolute Gasteiger partial charge is 0.353 e. The van der Waals surface area contributed by atoms with Crippen molar-refractivity contribution in [3.05, 3.63) is 0 Å². The molecule has 1 atom stereocenters. The van der Waals surface area contributed by atoms with E-state index in [2.05, 4.69) is 18.5 Å². The molecule has 0 aliphatic carbocycles. The van der Waals surface area contributed by atoms with Gasteiger partial charge in [-0.25, -0.2) is 0 Å². The Balaban J connectivity index is 2.33. The van der Waals surface area contributed by atoms with Crippen molar-refractivity contribution in [2.45, 2.75) is 5.56 Å². The number of hydrogen-bond acceptors (Lipinski definition) is 3. The fraction of sp³-hybridized carbons (Fsp3) is 0.667. The summed E-state index contributed by atoms with van der Waals surface area (Å²) >= 11 is 4.13. The van der Waals surface area contributed by atoms with Crippen molar-refractivity contribution in [2.24, 2.45) is 0 Å². The molecule has 50 valence electrons. The second-order valence-electron chi connectivity index (χ2n) is 1.87. The summed E-state index contributed by atoms with van der Waals surface area (Å²) < 4.78 is 5.11. The van der Waals surface area contributed by atoms with Crippen LogP contribution in [0.25, 0.3) is 0 Å². The molecule has 0 saturated carbocycles. The minimum absolute atomic E-state index is 0.0824. The highest BCUT2D eigenvalue weighted by Gasteiger charge is 2.19. The lowest BCUT2D eigenvalue weighted by Gasteiger charge is -2.13. The highest BCUT2D eigenvalue weighted by Crippen LogP contribution is 2.11. The van der Waals surface area contributed by atoms with E-state index in [0.29, 0.717) is 6.54 Å². The summed E-state index contributed by atoms with van der Waals surface area (Å²) in [6, 6.07) is 0. The van der Waals surface area contributed by atoms with Gasteiger partial charge in [-0.05, 0) is 0 Å². The van der Waals surface area contributed by atoms with Crippen molar-refractivity contribution in [2.75, 3.05) is 19.7 Å². The lowest BCUT2D eigenvalue weighted by Crippen LogP contribution is -2.25. The first kappa shape index (κ1) is 6.94. The van der Waals surface area contributed by atoms with Crippen molar-refractivity contribution in [3.8, 4) is 12.3 Å². The third kappa shape index (κ3) is 1.62. The van der Waals surface area contributed by atoms with Crippen LogP contribution in [0.4, 0.5) is 0 Å². The van der Waals surface area contributed by atoms with Crippen LogP contribution in [0, 0.1) is 12.3 Å². The topological polar surface area (TPSA) is 12.5 Å². The summed E-state index contributed by atoms with van der Waals surface area (Å²) in [5.41, 5.74) is -0.0824. The van der Waals surface area contributed by atoms with Gasteiger partial charge in [0.05, 0.1) is 13.2 Å². The average molecular weight is 143 g/mol. The molecule has 9 heavy (non-hydrogen) atoms. The molecule has 1 unspecified atom stereocenters. The molecular weight excluding hydrogens is 134 g/mol. The smallest absolute Gasteiger partial charge is 0.156 e. The Morgan fingerprint density at radius 2 is 2.67 bits per heavy atom. The van der Waals surface area contributed by atoms with Gasteiger partial charge in [0.1, 0.15) is 0 Å². The van der Waals surface area contributed by atoms with Gasteiger partial charge in [-0.15, -0.1) is 19.1 Å². The summed E-state index contributed by atoms with van der Waals surface area (Å²) in [5, 5.41) is 0. The SMILES string of the molecule is C#CCN1CCOC1S. The van der Waals surface area contributed by atoms with Gasteiger partial charge in [0.25, 0.3) is 0 Å². The first-order valence-electron chi connectivity index (χ1n) is 2.82. The van der Waals surface area contributed by atoms with Crippen LogP contribution in [0.3, 0.4) is 0 Å². The molecule has 3 heteroatoms. The molecule has 1 fully saturated rings. The maximum Gasteiger partial charge on any atom is 0.156 e. The fourth-order valence-corrected chi connectivity index (χ4v) is 1.07. The van der Waals surface area contributed by atoms with Gasteiger partial charge in [-0.1, -0.05) is 5.92 Å². The molecule has 0 aromatic heterocycles. The van der Waals surface area contributed by atoms with Gasteiger partial charge < -0.3 is 4.74 Å². The van der Waals surface area contributed by atoms with Crippen LogP contribution in [-0.4, -0.2) is 30.2 Å². The summed E-state index contributed by atoms with van der Waals surface area (Å²) in [4.78, 5) is 1.99. The summed E-state index contributed by atoms with van der Waals surface area (Å²) in [6.45, 7) is 2.28. The molecule has 1 aliphatic rings. The molecule has 0 N–H and O–H groups in total. The molecule has 2 nitrogen and oxygen atoms in total. The van der Waals surface area contributed by atoms with Crippen molar-refractivity contribution in [1.29, 1.82) is 0 Å². The molecule has 1 aliphatic heterocycles. The zero-order valence-corrected chi connectivity index (χ0v) is 5.97. The van der Waals surface area contributed by atoms with E-state index in [0.717, 1.165) is 13.2 Å². The lowest BCUT2D eigenvalue weighted by atomic mass is 10.5. The van der Waals surface area contributed by atoms with E-state index in [1.807, 2.05) is 4.90 Å². The number of rotatable bonds is 1. The standard InChI is InChI=1S/C6H9NOS/c1-2-3-7-4-5-8-6(7)9/h1,6,9H,3-5H2. The molecule has 0 amide bonds. The first-order chi connectivity index (χ1) is 4.34. The number of hydrogen-bond donors (Lipinski definition) is 1. The predicted octanol–water partition coefficient (Wildman–Crippen LogP) is 0.165. The Morgan fingerprint density at radius 1 is 1.89 bits per heavy atom. The van der Waals surface area contributed by atoms with Gasteiger partial charge in [-0.3, -0.25) is 4.90 Å². The molecule has 0 aromatic rings. The first-order valence-corrected chi connectivity index (χ1v) is 3.33. The quantitative estimate of drug-likeness (QED) is 0.415. The van der Waals surface area contributed by atoms with E-state index >= 15 is 0 Å². The zero-order chi connectivity index (χ0) is 6.69. The predicted molar refractivity (Wildman–Crippen MR) is 39.1 cm³/mol. The molecular formula is C6H9NOS. The normalized spacial score (nSPS) is 28.2. The second-order valence-corrected chi connectivity index (χ2v) is 2.31. The van der Waals surface area contributed by atoms with Crippen molar-refractivity contribution in [1.82, 2.24) is 4.90 Å². The second kappa shape index (κ2) is 3.11. The monoisotopic (exact) mass is 143 g/mol. The Hall–Kier alpha value is -0.170. The van der Waals surface area contributed by atoms with E-state index in [1.54, 1.807) is 0 Å². The summed E-state index contributed by atoms with van der Waals surface area (Å²) in [6.07, 6.45) is 5.09. The third-order valence-electron chi connectivity index (χ3n) is 1.25. The summed E-state index contributed by atoms with van der Waals surface area (Å²) in [7, 11) is 0. The highest BCUT2D eigenvalue weighted by molar-refractivity contribution is 7.80. The Labute approximate surface area is 60.6 Å². The molecule has 0 spiro atoms. The molecule has 0 aromatic carbocycles. The fourth-order valence-electron chi connectivity index (χ4n) is 0.766. The van der Waals surface area contributed by atoms with E-state index < -0.39 is 0 Å². The van der Waals surface area contributed by atoms with Crippen LogP contribution in [0.2, 0.25) is 0 Å². The minimum atomic E-state index is -0.0824. The highest BCUT2D eigenvalue weighted by atomic mass is 32.1. The van der Waals surface area contributed by atoms with Crippen LogP contribution < -0.4 is 0 Å². The third-order valence-corrected chi connectivity index (χ3v) is 1.73. The van der Waals surface area contributed by atoms with Gasteiger partial charge in [0.2, 0.25) is 0 Å². The van der Waals surface area contributed by atoms with Gasteiger partial charge in [0, 0.05) is 6.54 Å². The number of terminal acetylenes is 1. The van der Waals surface area contributed by atoms with Crippen molar-refractivity contribution in [3.63, 3.8) is 0 Å². The Bertz CT molecular complexity index is 132. The van der Waals surface area contributed by atoms with Crippen LogP contribution in [0.5, 0.6) is 0 Å². The maximum absolute atomic E-state index is 5.11. The molecule has 1 rings (SSSR count). The van der Waals surface area contributed by atoms with Crippen LogP contribution in [0.1, 0.15) is 0 Å². The number of nitrogens with zero attached hydrogens (tertiary/aromatic N) is 1. The molecule has 0 radical (unpaired) electrons. The minimum Gasteiger partial charge on any atom is -0.353 e. The van der Waals surface area contributed by atoms with Crippen LogP contribution in [0.15, 0.2) is 0 Å². The summed E-state index contributed by atoms with van der Waals surface area (Å²) in [5.74, 6) is 2.54. The molecule has 0 bridgehead atoms. The molecule has 1 heterocycles. The van der Waals surface area contributed by atoms with E-state index in [4.69, 9.17) is 11.2 Å².